The molecule has 2 fully saturated rings. The second kappa shape index (κ2) is 5.50. The Morgan fingerprint density at radius 1 is 1.38 bits per heavy atom. The van der Waals surface area contributed by atoms with Gasteiger partial charge >= 0.3 is 0 Å². The molecule has 21 heavy (non-hydrogen) atoms. The molecule has 0 amide bonds. The third kappa shape index (κ3) is 3.08. The molecular weight excluding hydrogens is 315 g/mol. The maximum atomic E-state index is 13.3. The Balaban J connectivity index is 1.78. The molecule has 1 atom stereocenters. The summed E-state index contributed by atoms with van der Waals surface area (Å²) in [6.45, 7) is 0.796. The van der Waals surface area contributed by atoms with E-state index in [0.29, 0.717) is 0 Å². The first-order valence-corrected chi connectivity index (χ1v) is 8.99. The Hall–Kier alpha value is -0.690. The number of halogens is 2. The first-order chi connectivity index (χ1) is 9.90. The summed E-state index contributed by atoms with van der Waals surface area (Å²) < 4.78 is 40.8. The van der Waals surface area contributed by atoms with Crippen LogP contribution in [0.15, 0.2) is 23.1 Å². The molecule has 2 N–H and O–H groups in total. The molecule has 7 heteroatoms. The van der Waals surface area contributed by atoms with Crippen molar-refractivity contribution in [3.05, 3.63) is 29.0 Å². The van der Waals surface area contributed by atoms with E-state index in [0.717, 1.165) is 44.4 Å². The zero-order chi connectivity index (χ0) is 15.1. The molecule has 0 bridgehead atoms. The van der Waals surface area contributed by atoms with Crippen LogP contribution in [0.2, 0.25) is 5.02 Å². The van der Waals surface area contributed by atoms with E-state index in [-0.39, 0.29) is 21.5 Å². The second-order valence-electron chi connectivity index (χ2n) is 5.95. The van der Waals surface area contributed by atoms with Gasteiger partial charge in [0.25, 0.3) is 0 Å². The summed E-state index contributed by atoms with van der Waals surface area (Å²) in [5, 5.41) is 3.53. The van der Waals surface area contributed by atoms with Crippen LogP contribution in [-0.2, 0) is 10.0 Å². The van der Waals surface area contributed by atoms with E-state index in [1.165, 1.54) is 12.5 Å². The van der Waals surface area contributed by atoms with Crippen molar-refractivity contribution in [2.75, 3.05) is 6.54 Å². The van der Waals surface area contributed by atoms with Crippen LogP contribution in [0.25, 0.3) is 0 Å². The molecule has 1 heterocycles. The molecule has 2 aliphatic rings. The fourth-order valence-electron chi connectivity index (χ4n) is 3.21. The molecule has 1 unspecified atom stereocenters. The van der Waals surface area contributed by atoms with E-state index >= 15 is 0 Å². The Kier molecular flexibility index (Phi) is 3.98. The summed E-state index contributed by atoms with van der Waals surface area (Å²) in [7, 11) is -3.80. The number of rotatable bonds is 3. The molecule has 1 aromatic carbocycles. The van der Waals surface area contributed by atoms with Crippen molar-refractivity contribution < 1.29 is 12.8 Å². The third-order valence-corrected chi connectivity index (χ3v) is 6.45. The number of hydrogen-bond donors (Lipinski definition) is 2. The first kappa shape index (κ1) is 15.2. The van der Waals surface area contributed by atoms with Gasteiger partial charge in [0, 0.05) is 11.6 Å². The molecule has 1 aliphatic carbocycles. The fourth-order valence-corrected chi connectivity index (χ4v) is 4.99. The monoisotopic (exact) mass is 332 g/mol. The predicted octanol–water partition coefficient (Wildman–Crippen LogP) is 2.43. The van der Waals surface area contributed by atoms with E-state index in [2.05, 4.69) is 10.0 Å². The van der Waals surface area contributed by atoms with Crippen molar-refractivity contribution in [1.29, 1.82) is 0 Å². The minimum Gasteiger partial charge on any atom is -0.311 e. The smallest absolute Gasteiger partial charge is 0.242 e. The van der Waals surface area contributed by atoms with Gasteiger partial charge in [0.15, 0.2) is 0 Å². The molecule has 3 rings (SSSR count). The largest absolute Gasteiger partial charge is 0.311 e. The molecule has 0 radical (unpaired) electrons. The van der Waals surface area contributed by atoms with Gasteiger partial charge in [-0.2, -0.15) is 0 Å². The maximum absolute atomic E-state index is 13.3. The van der Waals surface area contributed by atoms with Crippen molar-refractivity contribution in [2.24, 2.45) is 0 Å². The second-order valence-corrected chi connectivity index (χ2v) is 8.04. The summed E-state index contributed by atoms with van der Waals surface area (Å²) in [5.74, 6) is -0.611. The van der Waals surface area contributed by atoms with Crippen LogP contribution in [0.3, 0.4) is 0 Å². The number of sulfonamides is 1. The quantitative estimate of drug-likeness (QED) is 0.893. The highest BCUT2D eigenvalue weighted by Crippen LogP contribution is 2.38. The first-order valence-electron chi connectivity index (χ1n) is 7.13. The van der Waals surface area contributed by atoms with Crippen LogP contribution in [0.4, 0.5) is 4.39 Å². The number of piperidine rings is 1. The van der Waals surface area contributed by atoms with E-state index in [4.69, 9.17) is 11.6 Å². The molecule has 0 aromatic heterocycles. The average Bonchev–Trinajstić information content (AvgIpc) is 2.39. The van der Waals surface area contributed by atoms with Crippen LogP contribution in [0.1, 0.15) is 32.1 Å². The Bertz CT molecular complexity index is 646. The summed E-state index contributed by atoms with van der Waals surface area (Å²) >= 11 is 5.89. The summed E-state index contributed by atoms with van der Waals surface area (Å²) in [4.78, 5) is -0.189. The molecule has 116 valence electrons. The molecular formula is C14H18ClFN2O2S. The lowest BCUT2D eigenvalue weighted by Gasteiger charge is -2.48. The number of nitrogens with one attached hydrogen (secondary N) is 2. The zero-order valence-corrected chi connectivity index (χ0v) is 13.1. The highest BCUT2D eigenvalue weighted by atomic mass is 35.5. The van der Waals surface area contributed by atoms with E-state index in [1.54, 1.807) is 0 Å². The van der Waals surface area contributed by atoms with E-state index < -0.39 is 15.8 Å². The molecule has 4 nitrogen and oxygen atoms in total. The molecule has 1 aromatic rings. The van der Waals surface area contributed by atoms with Crippen molar-refractivity contribution in [2.45, 2.75) is 48.6 Å². The van der Waals surface area contributed by atoms with Crippen LogP contribution in [-0.4, -0.2) is 26.5 Å². The van der Waals surface area contributed by atoms with Gasteiger partial charge in [-0.3, -0.25) is 0 Å². The standard InChI is InChI=1S/C14H18ClFN2O2S/c15-12-3-2-10(16)8-13(12)21(19,20)18-11-4-7-17-14(9-11)5-1-6-14/h2-3,8,11,17-18H,1,4-7,9H2. The van der Waals surface area contributed by atoms with Gasteiger partial charge in [0.1, 0.15) is 10.7 Å². The molecule has 1 saturated heterocycles. The van der Waals surface area contributed by atoms with Crippen molar-refractivity contribution in [3.63, 3.8) is 0 Å². The lowest BCUT2D eigenvalue weighted by molar-refractivity contribution is 0.126. The third-order valence-electron chi connectivity index (χ3n) is 4.45. The maximum Gasteiger partial charge on any atom is 0.242 e. The summed E-state index contributed by atoms with van der Waals surface area (Å²) in [6, 6.07) is 3.25. The average molecular weight is 333 g/mol. The summed E-state index contributed by atoms with van der Waals surface area (Å²) in [5.41, 5.74) is 0.0944. The van der Waals surface area contributed by atoms with E-state index in [1.807, 2.05) is 0 Å². The van der Waals surface area contributed by atoms with Crippen molar-refractivity contribution in [1.82, 2.24) is 10.0 Å². The minimum absolute atomic E-state index is 0.0381. The van der Waals surface area contributed by atoms with Crippen LogP contribution in [0, 0.1) is 5.82 Å². The van der Waals surface area contributed by atoms with Gasteiger partial charge in [-0.05, 0) is 56.8 Å². The molecule has 1 spiro atoms. The van der Waals surface area contributed by atoms with E-state index in [9.17, 15) is 12.8 Å². The minimum atomic E-state index is -3.80. The van der Waals surface area contributed by atoms with Crippen LogP contribution >= 0.6 is 11.6 Å². The predicted molar refractivity (Wildman–Crippen MR) is 79.3 cm³/mol. The van der Waals surface area contributed by atoms with Gasteiger partial charge in [-0.15, -0.1) is 0 Å². The normalized spacial score (nSPS) is 24.8. The lowest BCUT2D eigenvalue weighted by atomic mass is 9.70. The number of benzene rings is 1. The van der Waals surface area contributed by atoms with Gasteiger partial charge in [-0.1, -0.05) is 11.6 Å². The highest BCUT2D eigenvalue weighted by Gasteiger charge is 2.41. The number of hydrogen-bond acceptors (Lipinski definition) is 3. The van der Waals surface area contributed by atoms with Crippen LogP contribution < -0.4 is 10.0 Å². The Morgan fingerprint density at radius 3 is 2.81 bits per heavy atom. The SMILES string of the molecule is O=S(=O)(NC1CCNC2(CCC2)C1)c1cc(F)ccc1Cl. The Labute approximate surface area is 129 Å². The van der Waals surface area contributed by atoms with Gasteiger partial charge in [0.2, 0.25) is 10.0 Å². The van der Waals surface area contributed by atoms with Crippen LogP contribution in [0.5, 0.6) is 0 Å². The molecule has 1 aliphatic heterocycles. The van der Waals surface area contributed by atoms with Gasteiger partial charge < -0.3 is 5.32 Å². The van der Waals surface area contributed by atoms with Crippen molar-refractivity contribution >= 4 is 21.6 Å². The topological polar surface area (TPSA) is 58.2 Å². The highest BCUT2D eigenvalue weighted by molar-refractivity contribution is 7.89. The fraction of sp³-hybridized carbons (Fsp3) is 0.571. The molecule has 1 saturated carbocycles. The van der Waals surface area contributed by atoms with Crippen molar-refractivity contribution in [3.8, 4) is 0 Å². The van der Waals surface area contributed by atoms with Gasteiger partial charge in [0.05, 0.1) is 5.02 Å². The Morgan fingerprint density at radius 2 is 2.14 bits per heavy atom. The lowest BCUT2D eigenvalue weighted by Crippen LogP contribution is -2.59. The van der Waals surface area contributed by atoms with Gasteiger partial charge in [-0.25, -0.2) is 17.5 Å². The zero-order valence-electron chi connectivity index (χ0n) is 11.5. The summed E-state index contributed by atoms with van der Waals surface area (Å²) in [6.07, 6.45) is 4.87.